The number of carboxylic acid groups (broad SMARTS) is 1. The minimum atomic E-state index is -4.40. The zero-order valence-corrected chi connectivity index (χ0v) is 19.3. The number of aromatic nitrogens is 1. The van der Waals surface area contributed by atoms with E-state index in [4.69, 9.17) is 16.3 Å². The molecule has 0 spiro atoms. The van der Waals surface area contributed by atoms with Gasteiger partial charge in [0.05, 0.1) is 22.5 Å². The molecule has 3 aromatic rings. The number of rotatable bonds is 6. The average Bonchev–Trinajstić information content (AvgIpc) is 3.51. The molecule has 1 saturated carbocycles. The number of carbonyl (C=O) groups is 1. The Balaban J connectivity index is 1.38. The number of alkyl halides is 3. The molecule has 1 aliphatic carbocycles. The molecule has 1 aromatic heterocycles. The lowest BCUT2D eigenvalue weighted by atomic mass is 9.91. The number of nitrogens with zero attached hydrogens (tertiary/aromatic N) is 1. The van der Waals surface area contributed by atoms with Crippen molar-refractivity contribution in [3.63, 3.8) is 0 Å². The zero-order chi connectivity index (χ0) is 24.0. The van der Waals surface area contributed by atoms with E-state index in [9.17, 15) is 23.1 Å². The number of halogens is 4. The van der Waals surface area contributed by atoms with Crippen molar-refractivity contribution < 1.29 is 27.8 Å². The first-order valence-corrected chi connectivity index (χ1v) is 12.0. The number of benzene rings is 2. The van der Waals surface area contributed by atoms with Gasteiger partial charge < -0.3 is 14.4 Å². The SMILES string of the molecule is O=C(O)C[C@@H]1CCn2c1c(Cl)c1cc(OCc3ccc(C4CCCC4)c(C(F)(F)F)c3)ccc12. The van der Waals surface area contributed by atoms with Gasteiger partial charge in [0.15, 0.2) is 0 Å². The quantitative estimate of drug-likeness (QED) is 0.388. The summed E-state index contributed by atoms with van der Waals surface area (Å²) in [5, 5.41) is 10.5. The van der Waals surface area contributed by atoms with Crippen LogP contribution in [0, 0.1) is 0 Å². The molecule has 2 heterocycles. The van der Waals surface area contributed by atoms with E-state index in [1.807, 2.05) is 10.6 Å². The maximum Gasteiger partial charge on any atom is 0.416 e. The van der Waals surface area contributed by atoms with Crippen LogP contribution in [0.15, 0.2) is 36.4 Å². The molecule has 2 aliphatic rings. The Bertz CT molecular complexity index is 1240. The van der Waals surface area contributed by atoms with Crippen LogP contribution in [-0.2, 0) is 24.1 Å². The van der Waals surface area contributed by atoms with E-state index in [2.05, 4.69) is 0 Å². The minimum absolute atomic E-state index is 0.00631. The number of ether oxygens (including phenoxy) is 1. The van der Waals surface area contributed by atoms with Gasteiger partial charge in [0.25, 0.3) is 0 Å². The lowest BCUT2D eigenvalue weighted by molar-refractivity contribution is -0.139. The average molecular weight is 492 g/mol. The summed E-state index contributed by atoms with van der Waals surface area (Å²) in [7, 11) is 0. The number of aryl methyl sites for hydroxylation is 1. The largest absolute Gasteiger partial charge is 0.489 e. The molecular formula is C26H25ClF3NO3. The molecule has 0 radical (unpaired) electrons. The summed E-state index contributed by atoms with van der Waals surface area (Å²) in [6.45, 7) is 0.705. The predicted octanol–water partition coefficient (Wildman–Crippen LogP) is 7.51. The van der Waals surface area contributed by atoms with E-state index in [1.165, 1.54) is 6.07 Å². The lowest BCUT2D eigenvalue weighted by Crippen LogP contribution is -2.12. The summed E-state index contributed by atoms with van der Waals surface area (Å²) in [4.78, 5) is 11.2. The summed E-state index contributed by atoms with van der Waals surface area (Å²) in [5.41, 5.74) is 2.02. The number of fused-ring (bicyclic) bond motifs is 3. The monoisotopic (exact) mass is 491 g/mol. The topological polar surface area (TPSA) is 51.5 Å². The summed E-state index contributed by atoms with van der Waals surface area (Å²) in [6.07, 6.45) is -0.105. The summed E-state index contributed by atoms with van der Waals surface area (Å²) >= 11 is 6.63. The van der Waals surface area contributed by atoms with Crippen LogP contribution in [0.1, 0.15) is 72.7 Å². The number of hydrogen-bond acceptors (Lipinski definition) is 2. The third kappa shape index (κ3) is 4.26. The van der Waals surface area contributed by atoms with E-state index in [0.717, 1.165) is 48.7 Å². The molecule has 1 N–H and O–H groups in total. The van der Waals surface area contributed by atoms with Crippen LogP contribution in [0.2, 0.25) is 5.02 Å². The zero-order valence-electron chi connectivity index (χ0n) is 18.5. The Labute approximate surface area is 200 Å². The fourth-order valence-electron chi connectivity index (χ4n) is 5.57. The van der Waals surface area contributed by atoms with Crippen molar-refractivity contribution in [2.45, 2.75) is 69.7 Å². The van der Waals surface area contributed by atoms with Crippen LogP contribution >= 0.6 is 11.6 Å². The van der Waals surface area contributed by atoms with E-state index < -0.39 is 17.7 Å². The second-order valence-electron chi connectivity index (χ2n) is 9.30. The van der Waals surface area contributed by atoms with Crippen molar-refractivity contribution in [1.82, 2.24) is 4.57 Å². The molecule has 1 aliphatic heterocycles. The van der Waals surface area contributed by atoms with Crippen LogP contribution in [-0.4, -0.2) is 15.6 Å². The van der Waals surface area contributed by atoms with Crippen molar-refractivity contribution >= 4 is 28.5 Å². The third-order valence-corrected chi connectivity index (χ3v) is 7.54. The van der Waals surface area contributed by atoms with Crippen molar-refractivity contribution in [2.75, 3.05) is 0 Å². The van der Waals surface area contributed by atoms with Gasteiger partial charge >= 0.3 is 12.1 Å². The molecule has 34 heavy (non-hydrogen) atoms. The Morgan fingerprint density at radius 3 is 2.59 bits per heavy atom. The molecule has 1 fully saturated rings. The first kappa shape index (κ1) is 23.1. The molecule has 8 heteroatoms. The standard InChI is InChI=1S/C26H25ClF3NO3/c27-24-20-13-18(6-8-22(20)31-10-9-17(25(24)31)12-23(32)33)34-14-15-5-7-19(16-3-1-2-4-16)21(11-15)26(28,29)30/h5-8,11,13,16-17H,1-4,9-10,12,14H2,(H,32,33)/t17-/m0/s1. The van der Waals surface area contributed by atoms with Gasteiger partial charge in [-0.25, -0.2) is 0 Å². The number of carboxylic acids is 1. The van der Waals surface area contributed by atoms with Gasteiger partial charge in [0.2, 0.25) is 0 Å². The molecule has 2 aromatic carbocycles. The first-order valence-electron chi connectivity index (χ1n) is 11.6. The van der Waals surface area contributed by atoms with Crippen LogP contribution in [0.3, 0.4) is 0 Å². The van der Waals surface area contributed by atoms with Gasteiger partial charge in [-0.3, -0.25) is 4.79 Å². The fraction of sp³-hybridized carbons (Fsp3) is 0.423. The van der Waals surface area contributed by atoms with E-state index in [-0.39, 0.29) is 24.9 Å². The maximum atomic E-state index is 13.8. The Hall–Kier alpha value is -2.67. The fourth-order valence-corrected chi connectivity index (χ4v) is 5.98. The highest BCUT2D eigenvalue weighted by Crippen LogP contribution is 2.44. The molecule has 0 amide bonds. The second kappa shape index (κ2) is 8.84. The van der Waals surface area contributed by atoms with Crippen molar-refractivity contribution in [1.29, 1.82) is 0 Å². The van der Waals surface area contributed by atoms with Crippen LogP contribution in [0.25, 0.3) is 10.9 Å². The Kier molecular flexibility index (Phi) is 6.00. The van der Waals surface area contributed by atoms with Crippen molar-refractivity contribution in [2.24, 2.45) is 0 Å². The molecule has 4 nitrogen and oxygen atoms in total. The summed E-state index contributed by atoms with van der Waals surface area (Å²) in [6, 6.07) is 9.96. The molecule has 5 rings (SSSR count). The predicted molar refractivity (Wildman–Crippen MR) is 124 cm³/mol. The molecular weight excluding hydrogens is 467 g/mol. The number of aliphatic carboxylic acids is 1. The summed E-state index contributed by atoms with van der Waals surface area (Å²) in [5.74, 6) is -0.526. The normalized spacial score (nSPS) is 18.5. The first-order chi connectivity index (χ1) is 16.2. The Morgan fingerprint density at radius 1 is 1.12 bits per heavy atom. The van der Waals surface area contributed by atoms with Gasteiger partial charge in [0, 0.05) is 23.5 Å². The van der Waals surface area contributed by atoms with Crippen LogP contribution < -0.4 is 4.74 Å². The van der Waals surface area contributed by atoms with E-state index in [0.29, 0.717) is 28.4 Å². The molecule has 180 valence electrons. The minimum Gasteiger partial charge on any atom is -0.489 e. The smallest absolute Gasteiger partial charge is 0.416 e. The van der Waals surface area contributed by atoms with Gasteiger partial charge in [-0.05, 0) is 60.6 Å². The van der Waals surface area contributed by atoms with Gasteiger partial charge in [-0.1, -0.05) is 36.6 Å². The highest BCUT2D eigenvalue weighted by atomic mass is 35.5. The summed E-state index contributed by atoms with van der Waals surface area (Å²) < 4.78 is 49.2. The van der Waals surface area contributed by atoms with Crippen molar-refractivity contribution in [3.8, 4) is 5.75 Å². The third-order valence-electron chi connectivity index (χ3n) is 7.14. The van der Waals surface area contributed by atoms with E-state index >= 15 is 0 Å². The second-order valence-corrected chi connectivity index (χ2v) is 9.68. The lowest BCUT2D eigenvalue weighted by Gasteiger charge is -2.19. The molecule has 0 bridgehead atoms. The molecule has 1 atom stereocenters. The van der Waals surface area contributed by atoms with Crippen molar-refractivity contribution in [3.05, 3.63) is 63.8 Å². The maximum absolute atomic E-state index is 13.8. The van der Waals surface area contributed by atoms with Crippen LogP contribution in [0.5, 0.6) is 5.75 Å². The van der Waals surface area contributed by atoms with Gasteiger partial charge in [0.1, 0.15) is 12.4 Å². The van der Waals surface area contributed by atoms with E-state index in [1.54, 1.807) is 24.3 Å². The number of hydrogen-bond donors (Lipinski definition) is 1. The Morgan fingerprint density at radius 2 is 1.88 bits per heavy atom. The molecule has 0 saturated heterocycles. The van der Waals surface area contributed by atoms with Gasteiger partial charge in [-0.15, -0.1) is 0 Å². The highest BCUT2D eigenvalue weighted by molar-refractivity contribution is 6.36. The van der Waals surface area contributed by atoms with Crippen LogP contribution in [0.4, 0.5) is 13.2 Å². The highest BCUT2D eigenvalue weighted by Gasteiger charge is 2.36. The van der Waals surface area contributed by atoms with Gasteiger partial charge in [-0.2, -0.15) is 13.2 Å². The molecule has 0 unspecified atom stereocenters.